The molecule has 1 atom stereocenters. The van der Waals surface area contributed by atoms with Crippen LogP contribution in [0.15, 0.2) is 22.0 Å². The molecule has 3 aromatic rings. The second-order valence-electron chi connectivity index (χ2n) is 4.11. The van der Waals surface area contributed by atoms with Crippen molar-refractivity contribution in [1.29, 1.82) is 0 Å². The Morgan fingerprint density at radius 1 is 1.44 bits per heavy atom. The molecule has 0 aromatic carbocycles. The summed E-state index contributed by atoms with van der Waals surface area (Å²) < 4.78 is 7.81. The van der Waals surface area contributed by atoms with E-state index in [0.29, 0.717) is 11.7 Å². The molecule has 4 nitrogen and oxygen atoms in total. The maximum atomic E-state index is 5.97. The van der Waals surface area contributed by atoms with Crippen LogP contribution in [-0.4, -0.2) is 10.1 Å². The van der Waals surface area contributed by atoms with Gasteiger partial charge in [-0.05, 0) is 23.9 Å². The lowest BCUT2D eigenvalue weighted by Crippen LogP contribution is -2.11. The quantitative estimate of drug-likeness (QED) is 0.788. The van der Waals surface area contributed by atoms with Crippen molar-refractivity contribution >= 4 is 32.1 Å². The highest BCUT2D eigenvalue weighted by Crippen LogP contribution is 2.35. The smallest absolute Gasteiger partial charge is 0.268 e. The Hall–Kier alpha value is -1.24. The van der Waals surface area contributed by atoms with Crippen LogP contribution >= 0.6 is 22.7 Å². The summed E-state index contributed by atoms with van der Waals surface area (Å²) in [6.45, 7) is 2.09. The third-order valence-electron chi connectivity index (χ3n) is 2.72. The minimum absolute atomic E-state index is 0.131. The van der Waals surface area contributed by atoms with Gasteiger partial charge in [0.25, 0.3) is 5.89 Å². The average Bonchev–Trinajstić information content (AvgIpc) is 3.03. The third kappa shape index (κ3) is 2.07. The van der Waals surface area contributed by atoms with Gasteiger partial charge >= 0.3 is 0 Å². The molecule has 94 valence electrons. The van der Waals surface area contributed by atoms with Crippen molar-refractivity contribution in [2.24, 2.45) is 5.73 Å². The second-order valence-corrected chi connectivity index (χ2v) is 6.14. The van der Waals surface area contributed by atoms with E-state index < -0.39 is 0 Å². The summed E-state index contributed by atoms with van der Waals surface area (Å²) in [5, 5.41) is 6.05. The number of aromatic nitrogens is 2. The summed E-state index contributed by atoms with van der Waals surface area (Å²) in [5.74, 6) is 1.17. The average molecular weight is 279 g/mol. The Balaban J connectivity index is 1.90. The predicted molar refractivity (Wildman–Crippen MR) is 74.8 cm³/mol. The molecule has 0 aliphatic carbocycles. The Morgan fingerprint density at radius 3 is 3.11 bits per heavy atom. The Labute approximate surface area is 112 Å². The van der Waals surface area contributed by atoms with Crippen molar-refractivity contribution in [3.05, 3.63) is 23.3 Å². The first kappa shape index (κ1) is 11.8. The summed E-state index contributed by atoms with van der Waals surface area (Å²) >= 11 is 3.39. The molecule has 3 heterocycles. The normalized spacial score (nSPS) is 13.2. The van der Waals surface area contributed by atoms with Gasteiger partial charge in [-0.1, -0.05) is 18.5 Å². The lowest BCUT2D eigenvalue weighted by Gasteiger charge is -2.02. The molecular weight excluding hydrogens is 266 g/mol. The first-order valence-corrected chi connectivity index (χ1v) is 7.54. The van der Waals surface area contributed by atoms with Gasteiger partial charge in [-0.15, -0.1) is 22.7 Å². The van der Waals surface area contributed by atoms with Crippen LogP contribution in [0.25, 0.3) is 20.2 Å². The van der Waals surface area contributed by atoms with E-state index in [1.54, 1.807) is 22.7 Å². The van der Waals surface area contributed by atoms with Gasteiger partial charge in [0.05, 0.1) is 10.9 Å². The molecule has 3 aromatic heterocycles. The zero-order chi connectivity index (χ0) is 12.5. The van der Waals surface area contributed by atoms with Crippen LogP contribution in [0.4, 0.5) is 0 Å². The molecule has 0 saturated heterocycles. The van der Waals surface area contributed by atoms with Crippen LogP contribution in [-0.2, 0) is 0 Å². The van der Waals surface area contributed by atoms with E-state index in [2.05, 4.69) is 34.6 Å². The fourth-order valence-corrected chi connectivity index (χ4v) is 3.83. The second kappa shape index (κ2) is 4.79. The van der Waals surface area contributed by atoms with Crippen molar-refractivity contribution < 1.29 is 4.52 Å². The molecule has 1 unspecified atom stereocenters. The van der Waals surface area contributed by atoms with E-state index in [1.165, 1.54) is 9.40 Å². The van der Waals surface area contributed by atoms with Crippen LogP contribution < -0.4 is 5.73 Å². The van der Waals surface area contributed by atoms with Gasteiger partial charge in [0.1, 0.15) is 0 Å². The van der Waals surface area contributed by atoms with Crippen molar-refractivity contribution in [3.63, 3.8) is 0 Å². The van der Waals surface area contributed by atoms with Gasteiger partial charge in [0.2, 0.25) is 0 Å². The minimum Gasteiger partial charge on any atom is -0.333 e. The fraction of sp³-hybridized carbons (Fsp3) is 0.333. The van der Waals surface area contributed by atoms with Crippen molar-refractivity contribution in [1.82, 2.24) is 10.1 Å². The zero-order valence-electron chi connectivity index (χ0n) is 9.92. The number of nitrogens with two attached hydrogens (primary N) is 1. The van der Waals surface area contributed by atoms with Gasteiger partial charge in [-0.3, -0.25) is 0 Å². The van der Waals surface area contributed by atoms with E-state index in [4.69, 9.17) is 10.3 Å². The van der Waals surface area contributed by atoms with Crippen LogP contribution in [0.1, 0.15) is 31.6 Å². The van der Waals surface area contributed by atoms with Crippen LogP contribution in [0.3, 0.4) is 0 Å². The first-order chi connectivity index (χ1) is 8.78. The van der Waals surface area contributed by atoms with Gasteiger partial charge in [-0.2, -0.15) is 4.98 Å². The van der Waals surface area contributed by atoms with E-state index in [9.17, 15) is 0 Å². The molecule has 2 N–H and O–H groups in total. The highest BCUT2D eigenvalue weighted by atomic mass is 32.1. The lowest BCUT2D eigenvalue weighted by atomic mass is 10.2. The first-order valence-electron chi connectivity index (χ1n) is 5.84. The molecular formula is C12H13N3OS2. The fourth-order valence-electron chi connectivity index (χ4n) is 1.80. The molecule has 0 aliphatic heterocycles. The molecule has 0 saturated carbocycles. The molecule has 0 amide bonds. The molecule has 0 fully saturated rings. The number of thiophene rings is 2. The third-order valence-corrected chi connectivity index (χ3v) is 4.80. The van der Waals surface area contributed by atoms with Gasteiger partial charge in [0.15, 0.2) is 5.82 Å². The molecule has 6 heteroatoms. The Kier molecular flexibility index (Phi) is 3.15. The highest BCUT2D eigenvalue weighted by Gasteiger charge is 2.16. The van der Waals surface area contributed by atoms with E-state index >= 15 is 0 Å². The topological polar surface area (TPSA) is 64.9 Å². The molecule has 18 heavy (non-hydrogen) atoms. The standard InChI is InChI=1S/C12H13N3OS2/c1-2-3-7(13)11-14-12(16-15-11)10-6-9-8(18-10)4-5-17-9/h4-7H,2-3,13H2,1H3. The number of nitrogens with zero attached hydrogens (tertiary/aromatic N) is 2. The number of rotatable bonds is 4. The van der Waals surface area contributed by atoms with Crippen molar-refractivity contribution in [2.45, 2.75) is 25.8 Å². The highest BCUT2D eigenvalue weighted by molar-refractivity contribution is 7.28. The van der Waals surface area contributed by atoms with Crippen LogP contribution in [0.5, 0.6) is 0 Å². The molecule has 3 rings (SSSR count). The van der Waals surface area contributed by atoms with Crippen LogP contribution in [0, 0.1) is 0 Å². The maximum absolute atomic E-state index is 5.97. The van der Waals surface area contributed by atoms with Gasteiger partial charge in [0, 0.05) is 9.40 Å². The van der Waals surface area contributed by atoms with E-state index in [-0.39, 0.29) is 6.04 Å². The van der Waals surface area contributed by atoms with Crippen molar-refractivity contribution in [2.75, 3.05) is 0 Å². The summed E-state index contributed by atoms with van der Waals surface area (Å²) in [4.78, 5) is 5.40. The number of hydrogen-bond acceptors (Lipinski definition) is 6. The SMILES string of the molecule is CCCC(N)c1noc(-c2cc3sccc3s2)n1. The summed E-state index contributed by atoms with van der Waals surface area (Å²) in [5.41, 5.74) is 5.97. The van der Waals surface area contributed by atoms with Crippen molar-refractivity contribution in [3.8, 4) is 10.8 Å². The largest absolute Gasteiger partial charge is 0.333 e. The van der Waals surface area contributed by atoms with E-state index in [1.807, 2.05) is 0 Å². The molecule has 0 bridgehead atoms. The van der Waals surface area contributed by atoms with Gasteiger partial charge in [-0.25, -0.2) is 0 Å². The molecule has 0 spiro atoms. The monoisotopic (exact) mass is 279 g/mol. The summed E-state index contributed by atoms with van der Waals surface area (Å²) in [6, 6.07) is 4.07. The molecule has 0 radical (unpaired) electrons. The Morgan fingerprint density at radius 2 is 2.33 bits per heavy atom. The van der Waals surface area contributed by atoms with Gasteiger partial charge < -0.3 is 10.3 Å². The maximum Gasteiger partial charge on any atom is 0.268 e. The Bertz CT molecular complexity index is 626. The predicted octanol–water partition coefficient (Wildman–Crippen LogP) is 3.81. The number of fused-ring (bicyclic) bond motifs is 1. The lowest BCUT2D eigenvalue weighted by molar-refractivity contribution is 0.414. The summed E-state index contributed by atoms with van der Waals surface area (Å²) in [6.07, 6.45) is 1.89. The minimum atomic E-state index is -0.131. The van der Waals surface area contributed by atoms with E-state index in [0.717, 1.165) is 17.7 Å². The summed E-state index contributed by atoms with van der Waals surface area (Å²) in [7, 11) is 0. The molecule has 0 aliphatic rings. The van der Waals surface area contributed by atoms with Crippen LogP contribution in [0.2, 0.25) is 0 Å². The zero-order valence-corrected chi connectivity index (χ0v) is 11.6. The number of hydrogen-bond donors (Lipinski definition) is 1.